The largest absolute Gasteiger partial charge is 0.493 e. The van der Waals surface area contributed by atoms with Gasteiger partial charge in [0.2, 0.25) is 5.43 Å². The van der Waals surface area contributed by atoms with Crippen LogP contribution in [0.25, 0.3) is 11.0 Å². The van der Waals surface area contributed by atoms with Gasteiger partial charge in [-0.3, -0.25) is 9.59 Å². The van der Waals surface area contributed by atoms with Crippen molar-refractivity contribution in [3.05, 3.63) is 76.1 Å². The minimum Gasteiger partial charge on any atom is -0.493 e. The van der Waals surface area contributed by atoms with Gasteiger partial charge in [-0.2, -0.15) is 0 Å². The van der Waals surface area contributed by atoms with E-state index >= 15 is 0 Å². The van der Waals surface area contributed by atoms with E-state index < -0.39 is 0 Å². The van der Waals surface area contributed by atoms with Crippen molar-refractivity contribution in [1.29, 1.82) is 0 Å². The quantitative estimate of drug-likeness (QED) is 0.678. The summed E-state index contributed by atoms with van der Waals surface area (Å²) >= 11 is 0. The normalized spacial score (nSPS) is 10.5. The lowest BCUT2D eigenvalue weighted by Crippen LogP contribution is -2.08. The molecule has 1 aromatic heterocycles. The number of hydrogen-bond acceptors (Lipinski definition) is 4. The van der Waals surface area contributed by atoms with Gasteiger partial charge in [-0.25, -0.2) is 0 Å². The maximum absolute atomic E-state index is 12.1. The number of fused-ring (bicyclic) bond motifs is 1. The highest BCUT2D eigenvalue weighted by Crippen LogP contribution is 2.19. The first-order chi connectivity index (χ1) is 10.8. The molecule has 2 aromatic carbocycles. The monoisotopic (exact) mass is 294 g/mol. The van der Waals surface area contributed by atoms with Crippen LogP contribution in [0.15, 0.2) is 64.0 Å². The zero-order chi connectivity index (χ0) is 15.4. The Bertz CT molecular complexity index is 850. The van der Waals surface area contributed by atoms with Crippen LogP contribution in [-0.4, -0.2) is 12.9 Å². The number of ether oxygens (including phenoxy) is 1. The molecule has 4 heteroatoms. The number of hydrogen-bond donors (Lipinski definition) is 0. The van der Waals surface area contributed by atoms with Crippen LogP contribution in [0, 0.1) is 0 Å². The molecule has 0 unspecified atom stereocenters. The van der Waals surface area contributed by atoms with Crippen LogP contribution in [0.2, 0.25) is 0 Å². The summed E-state index contributed by atoms with van der Waals surface area (Å²) in [5, 5.41) is 0.349. The molecule has 0 amide bonds. The average Bonchev–Trinajstić information content (AvgIpc) is 2.57. The molecule has 0 aliphatic rings. The molecule has 3 rings (SSSR count). The Hall–Kier alpha value is -2.88. The predicted octanol–water partition coefficient (Wildman–Crippen LogP) is 3.23. The third-order valence-electron chi connectivity index (χ3n) is 3.40. The van der Waals surface area contributed by atoms with Crippen molar-refractivity contribution in [2.75, 3.05) is 6.61 Å². The van der Waals surface area contributed by atoms with Gasteiger partial charge in [0.15, 0.2) is 6.29 Å². The number of carbonyl (C=O) groups excluding carboxylic acids is 1. The predicted molar refractivity (Wildman–Crippen MR) is 83.5 cm³/mol. The third kappa shape index (κ3) is 2.91. The van der Waals surface area contributed by atoms with Crippen LogP contribution >= 0.6 is 0 Å². The van der Waals surface area contributed by atoms with E-state index in [0.29, 0.717) is 29.6 Å². The first kappa shape index (κ1) is 14.1. The average molecular weight is 294 g/mol. The minimum absolute atomic E-state index is 0.00827. The Kier molecular flexibility index (Phi) is 4.01. The molecule has 0 aliphatic heterocycles. The van der Waals surface area contributed by atoms with Crippen LogP contribution in [0.4, 0.5) is 0 Å². The summed E-state index contributed by atoms with van der Waals surface area (Å²) in [6, 6.07) is 15.0. The van der Waals surface area contributed by atoms with Crippen LogP contribution in [0.5, 0.6) is 5.75 Å². The molecule has 0 spiro atoms. The van der Waals surface area contributed by atoms with E-state index in [1.54, 1.807) is 18.2 Å². The molecule has 0 N–H and O–H groups in total. The second-order valence-corrected chi connectivity index (χ2v) is 4.88. The Labute approximate surface area is 127 Å². The maximum atomic E-state index is 12.1. The Morgan fingerprint density at radius 3 is 2.68 bits per heavy atom. The van der Waals surface area contributed by atoms with Gasteiger partial charge in [0.25, 0.3) is 0 Å². The number of carbonyl (C=O) groups is 1. The van der Waals surface area contributed by atoms with E-state index in [2.05, 4.69) is 0 Å². The Morgan fingerprint density at radius 1 is 1.09 bits per heavy atom. The summed E-state index contributed by atoms with van der Waals surface area (Å²) < 4.78 is 10.9. The summed E-state index contributed by atoms with van der Waals surface area (Å²) in [7, 11) is 0. The molecule has 22 heavy (non-hydrogen) atoms. The van der Waals surface area contributed by atoms with Crippen LogP contribution in [-0.2, 0) is 6.42 Å². The summed E-state index contributed by atoms with van der Waals surface area (Å²) in [6.45, 7) is 0.508. The molecule has 1 heterocycles. The van der Waals surface area contributed by atoms with Crippen LogP contribution in [0.3, 0.4) is 0 Å². The molecule has 0 bridgehead atoms. The highest BCUT2D eigenvalue weighted by Gasteiger charge is 2.07. The molecule has 0 fully saturated rings. The molecular weight excluding hydrogens is 280 g/mol. The van der Waals surface area contributed by atoms with Crippen molar-refractivity contribution < 1.29 is 13.9 Å². The molecule has 0 atom stereocenters. The van der Waals surface area contributed by atoms with Crippen molar-refractivity contribution >= 4 is 17.3 Å². The van der Waals surface area contributed by atoms with E-state index in [1.807, 2.05) is 30.3 Å². The van der Waals surface area contributed by atoms with E-state index in [0.717, 1.165) is 6.42 Å². The van der Waals surface area contributed by atoms with Gasteiger partial charge in [0.05, 0.1) is 17.6 Å². The van der Waals surface area contributed by atoms with Crippen molar-refractivity contribution in [2.45, 2.75) is 6.42 Å². The molecule has 3 aromatic rings. The first-order valence-corrected chi connectivity index (χ1v) is 6.95. The Morgan fingerprint density at radius 2 is 1.91 bits per heavy atom. The molecule has 0 aliphatic carbocycles. The van der Waals surface area contributed by atoms with Gasteiger partial charge in [0, 0.05) is 6.42 Å². The lowest BCUT2D eigenvalue weighted by Gasteiger charge is -2.07. The summed E-state index contributed by atoms with van der Waals surface area (Å²) in [4.78, 5) is 22.9. The smallest absolute Gasteiger partial charge is 0.203 e. The fourth-order valence-corrected chi connectivity index (χ4v) is 2.23. The lowest BCUT2D eigenvalue weighted by molar-refractivity contribution is 0.112. The van der Waals surface area contributed by atoms with E-state index in [9.17, 15) is 9.59 Å². The van der Waals surface area contributed by atoms with Gasteiger partial charge in [-0.15, -0.1) is 0 Å². The highest BCUT2D eigenvalue weighted by atomic mass is 16.5. The number of aldehydes is 1. The van der Waals surface area contributed by atoms with Crippen LogP contribution < -0.4 is 10.2 Å². The van der Waals surface area contributed by atoms with Gasteiger partial charge < -0.3 is 9.15 Å². The van der Waals surface area contributed by atoms with Crippen LogP contribution in [0.1, 0.15) is 15.9 Å². The number of benzene rings is 2. The molecule has 0 saturated carbocycles. The molecular formula is C18H14O4. The number of rotatable bonds is 5. The second-order valence-electron chi connectivity index (χ2n) is 4.88. The maximum Gasteiger partial charge on any atom is 0.203 e. The van der Waals surface area contributed by atoms with Crippen molar-refractivity contribution in [2.24, 2.45) is 0 Å². The topological polar surface area (TPSA) is 56.5 Å². The molecule has 0 saturated heterocycles. The van der Waals surface area contributed by atoms with Gasteiger partial charge >= 0.3 is 0 Å². The summed E-state index contributed by atoms with van der Waals surface area (Å²) in [5.74, 6) is 0.582. The zero-order valence-corrected chi connectivity index (χ0v) is 11.8. The van der Waals surface area contributed by atoms with Gasteiger partial charge in [-0.05, 0) is 23.8 Å². The highest BCUT2D eigenvalue weighted by molar-refractivity contribution is 5.84. The van der Waals surface area contributed by atoms with E-state index in [-0.39, 0.29) is 11.0 Å². The second kappa shape index (κ2) is 6.26. The lowest BCUT2D eigenvalue weighted by atomic mass is 10.1. The minimum atomic E-state index is -0.343. The van der Waals surface area contributed by atoms with Gasteiger partial charge in [0.1, 0.15) is 17.6 Å². The standard InChI is InChI=1S/C18H14O4/c19-11-14-12-22-17-7-6-15(10-16(17)18(14)20)21-9-8-13-4-2-1-3-5-13/h1-7,10-12H,8-9H2. The first-order valence-electron chi connectivity index (χ1n) is 6.95. The van der Waals surface area contributed by atoms with Crippen molar-refractivity contribution in [3.8, 4) is 5.75 Å². The van der Waals surface area contributed by atoms with Crippen molar-refractivity contribution in [3.63, 3.8) is 0 Å². The van der Waals surface area contributed by atoms with Gasteiger partial charge in [-0.1, -0.05) is 30.3 Å². The fraction of sp³-hybridized carbons (Fsp3) is 0.111. The molecule has 4 nitrogen and oxygen atoms in total. The Balaban J connectivity index is 1.78. The zero-order valence-electron chi connectivity index (χ0n) is 11.8. The van der Waals surface area contributed by atoms with Crippen molar-refractivity contribution in [1.82, 2.24) is 0 Å². The fourth-order valence-electron chi connectivity index (χ4n) is 2.23. The van der Waals surface area contributed by atoms with E-state index in [1.165, 1.54) is 11.8 Å². The molecule has 0 radical (unpaired) electrons. The summed E-state index contributed by atoms with van der Waals surface area (Å²) in [5.41, 5.74) is 1.29. The third-order valence-corrected chi connectivity index (χ3v) is 3.40. The molecule has 110 valence electrons. The summed E-state index contributed by atoms with van der Waals surface area (Å²) in [6.07, 6.45) is 2.45. The SMILES string of the molecule is O=Cc1coc2ccc(OCCc3ccccc3)cc2c1=O. The van der Waals surface area contributed by atoms with E-state index in [4.69, 9.17) is 9.15 Å².